The van der Waals surface area contributed by atoms with Gasteiger partial charge in [-0.1, -0.05) is 0 Å². The third-order valence-electron chi connectivity index (χ3n) is 3.82. The summed E-state index contributed by atoms with van der Waals surface area (Å²) >= 11 is 0. The predicted molar refractivity (Wildman–Crippen MR) is 77.9 cm³/mol. The smallest absolute Gasteiger partial charge is 0.216 e. The van der Waals surface area contributed by atoms with E-state index in [0.29, 0.717) is 44.1 Å². The van der Waals surface area contributed by atoms with Gasteiger partial charge in [0.25, 0.3) is 0 Å². The summed E-state index contributed by atoms with van der Waals surface area (Å²) in [6.07, 6.45) is 2.71. The average molecular weight is 296 g/mol. The Balaban J connectivity index is 2.43. The van der Waals surface area contributed by atoms with Gasteiger partial charge in [0.15, 0.2) is 5.75 Å². The summed E-state index contributed by atoms with van der Waals surface area (Å²) < 4.78 is 18.3. The number of carbonyl (C=O) groups is 1. The van der Waals surface area contributed by atoms with Crippen molar-refractivity contribution in [3.63, 3.8) is 0 Å². The highest BCUT2D eigenvalue weighted by Crippen LogP contribution is 2.33. The van der Waals surface area contributed by atoms with Gasteiger partial charge >= 0.3 is 0 Å². The fourth-order valence-corrected chi connectivity index (χ4v) is 2.73. The molecule has 0 bridgehead atoms. The highest BCUT2D eigenvalue weighted by atomic mass is 16.5. The number of ether oxygens (including phenoxy) is 3. The number of aromatic nitrogens is 2. The Hall–Kier alpha value is -1.40. The molecule has 2 heterocycles. The maximum atomic E-state index is 13.2. The summed E-state index contributed by atoms with van der Waals surface area (Å²) in [6, 6.07) is 0.0753. The van der Waals surface area contributed by atoms with Gasteiger partial charge in [0.1, 0.15) is 11.3 Å². The molecule has 0 radical (unpaired) electrons. The Kier molecular flexibility index (Phi) is 5.00. The van der Waals surface area contributed by atoms with E-state index >= 15 is 0 Å². The number of rotatable bonds is 6. The molecule has 0 saturated carbocycles. The molecule has 0 atom stereocenters. The van der Waals surface area contributed by atoms with Crippen LogP contribution in [-0.4, -0.2) is 48.1 Å². The lowest BCUT2D eigenvalue weighted by atomic mass is 9.87. The van der Waals surface area contributed by atoms with E-state index in [0.717, 1.165) is 0 Å². The summed E-state index contributed by atoms with van der Waals surface area (Å²) in [7, 11) is 1.55. The molecule has 1 fully saturated rings. The van der Waals surface area contributed by atoms with Crippen LogP contribution in [0.15, 0.2) is 6.20 Å². The molecule has 2 rings (SSSR count). The lowest BCUT2D eigenvalue weighted by molar-refractivity contribution is -0.0827. The Bertz CT molecular complexity index is 484. The van der Waals surface area contributed by atoms with Crippen molar-refractivity contribution >= 4 is 5.78 Å². The third-order valence-corrected chi connectivity index (χ3v) is 3.82. The summed E-state index contributed by atoms with van der Waals surface area (Å²) in [5, 5.41) is 4.28. The Labute approximate surface area is 125 Å². The molecule has 6 nitrogen and oxygen atoms in total. The van der Waals surface area contributed by atoms with Gasteiger partial charge in [-0.15, -0.1) is 0 Å². The van der Waals surface area contributed by atoms with Crippen LogP contribution in [0.25, 0.3) is 0 Å². The molecule has 1 aliphatic heterocycles. The Morgan fingerprint density at radius 2 is 2.14 bits per heavy atom. The van der Waals surface area contributed by atoms with E-state index in [-0.39, 0.29) is 11.8 Å². The normalized spacial score (nSPS) is 18.0. The Morgan fingerprint density at radius 3 is 2.67 bits per heavy atom. The number of methoxy groups -OCH3 is 1. The molecule has 0 spiro atoms. The van der Waals surface area contributed by atoms with E-state index < -0.39 is 5.60 Å². The summed E-state index contributed by atoms with van der Waals surface area (Å²) in [6.45, 7) is 7.43. The van der Waals surface area contributed by atoms with Crippen LogP contribution in [0, 0.1) is 0 Å². The molecule has 0 aromatic carbocycles. The van der Waals surface area contributed by atoms with E-state index in [1.165, 1.54) is 0 Å². The van der Waals surface area contributed by atoms with Crippen molar-refractivity contribution < 1.29 is 19.0 Å². The van der Waals surface area contributed by atoms with Crippen molar-refractivity contribution in [3.8, 4) is 5.75 Å². The molecular formula is C15H24N2O4. The fourth-order valence-electron chi connectivity index (χ4n) is 2.73. The van der Waals surface area contributed by atoms with Crippen LogP contribution in [0.1, 0.15) is 50.1 Å². The van der Waals surface area contributed by atoms with Crippen molar-refractivity contribution in [1.82, 2.24) is 9.78 Å². The first-order chi connectivity index (χ1) is 10.1. The van der Waals surface area contributed by atoms with Gasteiger partial charge in [-0.2, -0.15) is 5.10 Å². The topological polar surface area (TPSA) is 62.6 Å². The third kappa shape index (κ3) is 2.96. The van der Waals surface area contributed by atoms with Gasteiger partial charge in [0, 0.05) is 38.7 Å². The van der Waals surface area contributed by atoms with Gasteiger partial charge < -0.3 is 14.2 Å². The zero-order valence-electron chi connectivity index (χ0n) is 13.2. The van der Waals surface area contributed by atoms with Gasteiger partial charge in [0.2, 0.25) is 5.78 Å². The zero-order valence-corrected chi connectivity index (χ0v) is 13.2. The monoisotopic (exact) mass is 296 g/mol. The zero-order chi connectivity index (χ0) is 15.5. The number of Topliss-reactive ketones (excluding diaryl/α,β-unsaturated/α-hetero) is 1. The van der Waals surface area contributed by atoms with Gasteiger partial charge in [-0.3, -0.25) is 9.48 Å². The minimum Gasteiger partial charge on any atom is -0.493 e. The molecular weight excluding hydrogens is 272 g/mol. The van der Waals surface area contributed by atoms with Crippen molar-refractivity contribution in [2.45, 2.75) is 45.3 Å². The lowest BCUT2D eigenvalue weighted by Gasteiger charge is -2.35. The second kappa shape index (κ2) is 6.58. The molecule has 21 heavy (non-hydrogen) atoms. The minimum atomic E-state index is -0.826. The molecule has 0 N–H and O–H groups in total. The quantitative estimate of drug-likeness (QED) is 0.753. The molecule has 6 heteroatoms. The maximum Gasteiger partial charge on any atom is 0.216 e. The minimum absolute atomic E-state index is 0.0595. The molecule has 118 valence electrons. The van der Waals surface area contributed by atoms with Crippen molar-refractivity contribution in [2.75, 3.05) is 26.9 Å². The largest absolute Gasteiger partial charge is 0.493 e. The second-order valence-electron chi connectivity index (χ2n) is 5.47. The van der Waals surface area contributed by atoms with Crippen molar-refractivity contribution in [2.24, 2.45) is 0 Å². The van der Waals surface area contributed by atoms with Crippen molar-refractivity contribution in [1.29, 1.82) is 0 Å². The van der Waals surface area contributed by atoms with Crippen LogP contribution in [0.2, 0.25) is 0 Å². The SMILES string of the molecule is CCOC1(C(=O)c2c(OC)cnn2C(C)C)CCOCC1. The number of nitrogens with zero attached hydrogens (tertiary/aromatic N) is 2. The average Bonchev–Trinajstić information content (AvgIpc) is 2.91. The maximum absolute atomic E-state index is 13.2. The predicted octanol–water partition coefficient (Wildman–Crippen LogP) is 2.24. The van der Waals surface area contributed by atoms with Crippen LogP contribution in [-0.2, 0) is 9.47 Å². The van der Waals surface area contributed by atoms with E-state index in [9.17, 15) is 4.79 Å². The van der Waals surface area contributed by atoms with Crippen LogP contribution in [0.4, 0.5) is 0 Å². The fraction of sp³-hybridized carbons (Fsp3) is 0.733. The van der Waals surface area contributed by atoms with E-state index in [1.807, 2.05) is 20.8 Å². The van der Waals surface area contributed by atoms with Gasteiger partial charge in [0.05, 0.1) is 13.3 Å². The highest BCUT2D eigenvalue weighted by molar-refractivity contribution is 6.03. The molecule has 0 unspecified atom stereocenters. The summed E-state index contributed by atoms with van der Waals surface area (Å²) in [5.74, 6) is 0.440. The first-order valence-electron chi connectivity index (χ1n) is 7.43. The standard InChI is InChI=1S/C15H24N2O4/c1-5-21-15(6-8-20-9-7-15)14(18)13-12(19-4)10-16-17(13)11(2)3/h10-11H,5-9H2,1-4H3. The number of ketones is 1. The number of hydrogen-bond acceptors (Lipinski definition) is 5. The number of hydrogen-bond donors (Lipinski definition) is 0. The van der Waals surface area contributed by atoms with Crippen LogP contribution in [0.3, 0.4) is 0 Å². The van der Waals surface area contributed by atoms with Crippen LogP contribution < -0.4 is 4.74 Å². The number of carbonyl (C=O) groups excluding carboxylic acids is 1. The first kappa shape index (κ1) is 16.0. The first-order valence-corrected chi connectivity index (χ1v) is 7.43. The van der Waals surface area contributed by atoms with E-state index in [2.05, 4.69) is 5.10 Å². The van der Waals surface area contributed by atoms with E-state index in [4.69, 9.17) is 14.2 Å². The summed E-state index contributed by atoms with van der Waals surface area (Å²) in [4.78, 5) is 13.2. The molecule has 1 aromatic heterocycles. The molecule has 0 aliphatic carbocycles. The molecule has 1 aromatic rings. The highest BCUT2D eigenvalue weighted by Gasteiger charge is 2.44. The molecule has 1 saturated heterocycles. The Morgan fingerprint density at radius 1 is 1.48 bits per heavy atom. The van der Waals surface area contributed by atoms with Gasteiger partial charge in [-0.05, 0) is 20.8 Å². The van der Waals surface area contributed by atoms with Crippen molar-refractivity contribution in [3.05, 3.63) is 11.9 Å². The molecule has 0 amide bonds. The lowest BCUT2D eigenvalue weighted by Crippen LogP contribution is -2.47. The van der Waals surface area contributed by atoms with Crippen LogP contribution in [0.5, 0.6) is 5.75 Å². The van der Waals surface area contributed by atoms with Crippen LogP contribution >= 0.6 is 0 Å². The second-order valence-corrected chi connectivity index (χ2v) is 5.47. The van der Waals surface area contributed by atoms with E-state index in [1.54, 1.807) is 18.0 Å². The van der Waals surface area contributed by atoms with Gasteiger partial charge in [-0.25, -0.2) is 0 Å². The summed E-state index contributed by atoms with van der Waals surface area (Å²) in [5.41, 5.74) is -0.338. The molecule has 1 aliphatic rings.